The molecule has 0 atom stereocenters. The zero-order valence-electron chi connectivity index (χ0n) is 15.2. The van der Waals surface area contributed by atoms with E-state index in [1.165, 1.54) is 0 Å². The topological polar surface area (TPSA) is 59.4 Å². The van der Waals surface area contributed by atoms with Crippen molar-refractivity contribution in [1.82, 2.24) is 4.98 Å². The quantitative estimate of drug-likeness (QED) is 0.663. The number of rotatable bonds is 6. The number of nitrogens with zero attached hydrogens (tertiary/aromatic N) is 1. The molecule has 0 bridgehead atoms. The van der Waals surface area contributed by atoms with Gasteiger partial charge in [0.25, 0.3) is 0 Å². The number of hydrogen-bond acceptors (Lipinski definition) is 3. The molecule has 4 nitrogen and oxygen atoms in total. The Morgan fingerprint density at radius 3 is 2.48 bits per heavy atom. The highest BCUT2D eigenvalue weighted by molar-refractivity contribution is 5.78. The molecule has 1 heterocycles. The Bertz CT molecular complexity index is 943. The fraction of sp³-hybridized carbons (Fsp3) is 0.304. The van der Waals surface area contributed by atoms with Crippen LogP contribution in [0.5, 0.6) is 5.75 Å². The third kappa shape index (κ3) is 3.80. The first kappa shape index (κ1) is 17.5. The van der Waals surface area contributed by atoms with Crippen LogP contribution in [0.3, 0.4) is 0 Å². The first-order valence-electron chi connectivity index (χ1n) is 9.44. The fourth-order valence-corrected chi connectivity index (χ4v) is 4.16. The molecular formula is C23H23NO3. The predicted molar refractivity (Wildman–Crippen MR) is 105 cm³/mol. The fourth-order valence-electron chi connectivity index (χ4n) is 4.16. The van der Waals surface area contributed by atoms with Gasteiger partial charge in [-0.25, -0.2) is 4.98 Å². The average molecular weight is 361 g/mol. The second-order valence-electron chi connectivity index (χ2n) is 7.37. The Kier molecular flexibility index (Phi) is 4.80. The van der Waals surface area contributed by atoms with E-state index < -0.39 is 5.97 Å². The van der Waals surface area contributed by atoms with Crippen LogP contribution in [0.25, 0.3) is 10.9 Å². The minimum absolute atomic E-state index is 0.203. The van der Waals surface area contributed by atoms with Gasteiger partial charge in [-0.1, -0.05) is 49.2 Å². The molecule has 1 N–H and O–H groups in total. The van der Waals surface area contributed by atoms with Gasteiger partial charge in [0.1, 0.15) is 12.4 Å². The Morgan fingerprint density at radius 2 is 1.74 bits per heavy atom. The van der Waals surface area contributed by atoms with E-state index in [9.17, 15) is 9.90 Å². The first-order valence-corrected chi connectivity index (χ1v) is 9.44. The summed E-state index contributed by atoms with van der Waals surface area (Å²) in [5.41, 5.74) is 2.74. The van der Waals surface area contributed by atoms with Crippen LogP contribution >= 0.6 is 0 Å². The Morgan fingerprint density at radius 1 is 1.00 bits per heavy atom. The van der Waals surface area contributed by atoms with Gasteiger partial charge in [0.05, 0.1) is 17.6 Å². The summed E-state index contributed by atoms with van der Waals surface area (Å²) in [5.74, 6) is 0.0526. The van der Waals surface area contributed by atoms with Crippen molar-refractivity contribution in [3.8, 4) is 5.75 Å². The van der Waals surface area contributed by atoms with Crippen molar-refractivity contribution in [1.29, 1.82) is 0 Å². The van der Waals surface area contributed by atoms with E-state index in [-0.39, 0.29) is 11.8 Å². The van der Waals surface area contributed by atoms with Crippen LogP contribution in [0, 0.1) is 0 Å². The number of aliphatic carboxylic acids is 1. The van der Waals surface area contributed by atoms with Gasteiger partial charge in [-0.3, -0.25) is 4.79 Å². The molecule has 1 aliphatic carbocycles. The largest absolute Gasteiger partial charge is 0.487 e. The number of carboxylic acids is 1. The van der Waals surface area contributed by atoms with Gasteiger partial charge in [-0.2, -0.15) is 0 Å². The van der Waals surface area contributed by atoms with Crippen LogP contribution in [0.4, 0.5) is 0 Å². The molecule has 0 spiro atoms. The van der Waals surface area contributed by atoms with Crippen molar-refractivity contribution in [2.24, 2.45) is 0 Å². The molecular weight excluding hydrogens is 338 g/mol. The van der Waals surface area contributed by atoms with Crippen molar-refractivity contribution >= 4 is 16.9 Å². The van der Waals surface area contributed by atoms with Gasteiger partial charge in [-0.15, -0.1) is 0 Å². The van der Waals surface area contributed by atoms with Gasteiger partial charge in [0.15, 0.2) is 0 Å². The minimum atomic E-state index is -0.723. The van der Waals surface area contributed by atoms with Crippen LogP contribution < -0.4 is 4.74 Å². The lowest BCUT2D eigenvalue weighted by Crippen LogP contribution is -2.25. The van der Waals surface area contributed by atoms with E-state index in [0.717, 1.165) is 53.6 Å². The van der Waals surface area contributed by atoms with Crippen LogP contribution in [-0.4, -0.2) is 16.1 Å². The molecule has 1 aliphatic rings. The summed E-state index contributed by atoms with van der Waals surface area (Å²) in [6.07, 6.45) is 4.29. The molecule has 0 unspecified atom stereocenters. The highest BCUT2D eigenvalue weighted by Crippen LogP contribution is 2.44. The molecule has 27 heavy (non-hydrogen) atoms. The zero-order valence-corrected chi connectivity index (χ0v) is 15.2. The maximum atomic E-state index is 11.3. The van der Waals surface area contributed by atoms with Gasteiger partial charge >= 0.3 is 5.97 Å². The number of ether oxygens (including phenoxy) is 1. The summed E-state index contributed by atoms with van der Waals surface area (Å²) in [7, 11) is 0. The second-order valence-corrected chi connectivity index (χ2v) is 7.37. The maximum absolute atomic E-state index is 11.3. The standard InChI is InChI=1S/C23H23NO3/c25-22(26)15-23(13-3-4-14-23)18-8-11-20(12-9-18)27-16-19-10-7-17-5-1-2-6-21(17)24-19/h1-2,5-12H,3-4,13-16H2,(H,25,26). The normalized spacial score (nSPS) is 15.7. The summed E-state index contributed by atoms with van der Waals surface area (Å²) >= 11 is 0. The number of para-hydroxylation sites is 1. The van der Waals surface area contributed by atoms with Crippen molar-refractivity contribution in [2.75, 3.05) is 0 Å². The number of benzene rings is 2. The van der Waals surface area contributed by atoms with Crippen molar-refractivity contribution in [3.63, 3.8) is 0 Å². The number of fused-ring (bicyclic) bond motifs is 1. The first-order chi connectivity index (χ1) is 13.1. The van der Waals surface area contributed by atoms with E-state index in [0.29, 0.717) is 6.61 Å². The lowest BCUT2D eigenvalue weighted by molar-refractivity contribution is -0.138. The Labute approximate surface area is 158 Å². The lowest BCUT2D eigenvalue weighted by Gasteiger charge is -2.28. The summed E-state index contributed by atoms with van der Waals surface area (Å²) < 4.78 is 5.89. The predicted octanol–water partition coefficient (Wildman–Crippen LogP) is 5.10. The maximum Gasteiger partial charge on any atom is 0.304 e. The molecule has 4 rings (SSSR count). The Balaban J connectivity index is 1.46. The molecule has 1 saturated carbocycles. The van der Waals surface area contributed by atoms with Gasteiger partial charge < -0.3 is 9.84 Å². The van der Waals surface area contributed by atoms with Crippen LogP contribution in [0.2, 0.25) is 0 Å². The van der Waals surface area contributed by atoms with Gasteiger partial charge in [0.2, 0.25) is 0 Å². The molecule has 4 heteroatoms. The van der Waals surface area contributed by atoms with Crippen molar-refractivity contribution < 1.29 is 14.6 Å². The average Bonchev–Trinajstić information content (AvgIpc) is 3.15. The molecule has 138 valence electrons. The third-order valence-electron chi connectivity index (χ3n) is 5.56. The molecule has 0 amide bonds. The zero-order chi connectivity index (χ0) is 18.7. The third-order valence-corrected chi connectivity index (χ3v) is 5.56. The highest BCUT2D eigenvalue weighted by atomic mass is 16.5. The molecule has 3 aromatic rings. The van der Waals surface area contributed by atoms with Crippen LogP contribution in [0.1, 0.15) is 43.4 Å². The van der Waals surface area contributed by atoms with E-state index in [4.69, 9.17) is 4.74 Å². The monoisotopic (exact) mass is 361 g/mol. The summed E-state index contributed by atoms with van der Waals surface area (Å²) in [6, 6.07) is 20.0. The van der Waals surface area contributed by atoms with E-state index in [1.54, 1.807) is 0 Å². The number of carbonyl (C=O) groups is 1. The van der Waals surface area contributed by atoms with E-state index >= 15 is 0 Å². The molecule has 0 radical (unpaired) electrons. The lowest BCUT2D eigenvalue weighted by atomic mass is 9.76. The number of carboxylic acid groups (broad SMARTS) is 1. The smallest absolute Gasteiger partial charge is 0.304 e. The number of hydrogen-bond donors (Lipinski definition) is 1. The summed E-state index contributed by atoms with van der Waals surface area (Å²) in [5, 5.41) is 10.4. The molecule has 1 fully saturated rings. The SMILES string of the molecule is O=C(O)CC1(c2ccc(OCc3ccc4ccccc4n3)cc2)CCCC1. The van der Waals surface area contributed by atoms with E-state index in [2.05, 4.69) is 11.1 Å². The Hall–Kier alpha value is -2.88. The summed E-state index contributed by atoms with van der Waals surface area (Å²) in [6.45, 7) is 0.407. The highest BCUT2D eigenvalue weighted by Gasteiger charge is 2.37. The number of aromatic nitrogens is 1. The van der Waals surface area contributed by atoms with Gasteiger partial charge in [-0.05, 0) is 42.7 Å². The minimum Gasteiger partial charge on any atom is -0.487 e. The van der Waals surface area contributed by atoms with Crippen molar-refractivity contribution in [3.05, 3.63) is 71.9 Å². The van der Waals surface area contributed by atoms with Crippen LogP contribution in [0.15, 0.2) is 60.7 Å². The van der Waals surface area contributed by atoms with Gasteiger partial charge in [0, 0.05) is 10.8 Å². The molecule has 2 aromatic carbocycles. The van der Waals surface area contributed by atoms with E-state index in [1.807, 2.05) is 54.6 Å². The molecule has 0 aliphatic heterocycles. The molecule has 0 saturated heterocycles. The number of pyridine rings is 1. The van der Waals surface area contributed by atoms with Crippen molar-refractivity contribution in [2.45, 2.75) is 44.1 Å². The summed E-state index contributed by atoms with van der Waals surface area (Å²) in [4.78, 5) is 15.9. The molecule has 1 aromatic heterocycles. The van der Waals surface area contributed by atoms with Crippen LogP contribution in [-0.2, 0) is 16.8 Å². The second kappa shape index (κ2) is 7.39.